The third-order valence-corrected chi connectivity index (χ3v) is 6.27. The quantitative estimate of drug-likeness (QED) is 0.489. The fourth-order valence-electron chi connectivity index (χ4n) is 4.61. The number of nitrogens with two attached hydrogens (primary N) is 1. The van der Waals surface area contributed by atoms with Crippen LogP contribution in [0.3, 0.4) is 0 Å². The first-order valence-corrected chi connectivity index (χ1v) is 11.8. The maximum absolute atomic E-state index is 5.78. The van der Waals surface area contributed by atoms with Crippen LogP contribution in [0.2, 0.25) is 0 Å². The van der Waals surface area contributed by atoms with Crippen LogP contribution in [0.4, 0.5) is 11.4 Å². The molecule has 0 saturated carbocycles. The van der Waals surface area contributed by atoms with E-state index in [0.29, 0.717) is 0 Å². The molecule has 0 amide bonds. The van der Waals surface area contributed by atoms with Crippen LogP contribution in [0.15, 0.2) is 54.9 Å². The molecule has 1 aromatic carbocycles. The normalized spacial score (nSPS) is 13.4. The van der Waals surface area contributed by atoms with Crippen LogP contribution in [0.25, 0.3) is 0 Å². The molecule has 0 saturated heterocycles. The maximum Gasteiger partial charge on any atom is 0.0780 e. The number of pyridine rings is 2. The number of aromatic nitrogens is 2. The third kappa shape index (κ3) is 5.34. The lowest BCUT2D eigenvalue weighted by Gasteiger charge is -2.33. The first-order chi connectivity index (χ1) is 15.7. The average Bonchev–Trinajstić information content (AvgIpc) is 2.81. The summed E-state index contributed by atoms with van der Waals surface area (Å²) in [6, 6.07) is 15.3. The standard InChI is InChI=1S/C27H35N5/c1-21-17-22(2)24(30-18-21)19-31(15-6-5-13-28)20-25-27(12-7-14-29-25)32-16-8-10-23-9-3-4-11-26(23)32/h3-4,7,9,11-12,14,17-18H,5-6,8,10,13,15-16,19-20,28H2,1-2H3. The summed E-state index contributed by atoms with van der Waals surface area (Å²) in [4.78, 5) is 14.5. The van der Waals surface area contributed by atoms with Gasteiger partial charge in [0.2, 0.25) is 0 Å². The minimum atomic E-state index is 0.731. The Kier molecular flexibility index (Phi) is 7.51. The summed E-state index contributed by atoms with van der Waals surface area (Å²) in [7, 11) is 0. The summed E-state index contributed by atoms with van der Waals surface area (Å²) >= 11 is 0. The number of benzene rings is 1. The summed E-state index contributed by atoms with van der Waals surface area (Å²) in [5, 5.41) is 0. The number of fused-ring (bicyclic) bond motifs is 1. The van der Waals surface area contributed by atoms with Crippen molar-refractivity contribution in [1.29, 1.82) is 0 Å². The third-order valence-electron chi connectivity index (χ3n) is 6.27. The van der Waals surface area contributed by atoms with Crippen LogP contribution in [-0.2, 0) is 19.5 Å². The smallest absolute Gasteiger partial charge is 0.0780 e. The molecule has 0 aliphatic carbocycles. The molecule has 4 rings (SSSR count). The summed E-state index contributed by atoms with van der Waals surface area (Å²) in [5.74, 6) is 0. The van der Waals surface area contributed by atoms with Gasteiger partial charge in [0.1, 0.15) is 0 Å². The van der Waals surface area contributed by atoms with E-state index in [4.69, 9.17) is 15.7 Å². The van der Waals surface area contributed by atoms with Crippen molar-refractivity contribution >= 4 is 11.4 Å². The molecule has 3 heterocycles. The highest BCUT2D eigenvalue weighted by Crippen LogP contribution is 2.35. The molecule has 0 unspecified atom stereocenters. The molecule has 1 aliphatic heterocycles. The fourth-order valence-corrected chi connectivity index (χ4v) is 4.61. The van der Waals surface area contributed by atoms with Crippen molar-refractivity contribution in [3.05, 3.63) is 82.9 Å². The molecule has 3 aromatic rings. The number of anilines is 2. The highest BCUT2D eigenvalue weighted by molar-refractivity contribution is 5.69. The maximum atomic E-state index is 5.78. The minimum Gasteiger partial charge on any atom is -0.340 e. The number of aryl methyl sites for hydroxylation is 3. The van der Waals surface area contributed by atoms with Gasteiger partial charge in [-0.2, -0.15) is 0 Å². The summed E-state index contributed by atoms with van der Waals surface area (Å²) in [6.45, 7) is 8.62. The number of rotatable bonds is 9. The van der Waals surface area contributed by atoms with E-state index in [2.05, 4.69) is 66.1 Å². The Morgan fingerprint density at radius 2 is 1.78 bits per heavy atom. The van der Waals surface area contributed by atoms with E-state index >= 15 is 0 Å². The molecule has 0 radical (unpaired) electrons. The van der Waals surface area contributed by atoms with Crippen molar-refractivity contribution in [1.82, 2.24) is 14.9 Å². The molecule has 0 spiro atoms. The Morgan fingerprint density at radius 1 is 0.969 bits per heavy atom. The van der Waals surface area contributed by atoms with Gasteiger partial charge in [-0.3, -0.25) is 14.9 Å². The zero-order valence-corrected chi connectivity index (χ0v) is 19.4. The van der Waals surface area contributed by atoms with E-state index in [1.807, 2.05) is 12.4 Å². The summed E-state index contributed by atoms with van der Waals surface area (Å²) in [5.41, 5.74) is 14.5. The average molecular weight is 430 g/mol. The van der Waals surface area contributed by atoms with Crippen LogP contribution < -0.4 is 10.6 Å². The molecule has 32 heavy (non-hydrogen) atoms. The topological polar surface area (TPSA) is 58.3 Å². The second-order valence-corrected chi connectivity index (χ2v) is 8.84. The van der Waals surface area contributed by atoms with Crippen molar-refractivity contribution < 1.29 is 0 Å². The van der Waals surface area contributed by atoms with Gasteiger partial charge in [-0.1, -0.05) is 24.3 Å². The summed E-state index contributed by atoms with van der Waals surface area (Å²) in [6.07, 6.45) is 8.31. The monoisotopic (exact) mass is 429 g/mol. The first-order valence-electron chi connectivity index (χ1n) is 11.8. The highest BCUT2D eigenvalue weighted by atomic mass is 15.2. The molecular formula is C27H35N5. The molecule has 168 valence electrons. The Bertz CT molecular complexity index is 1030. The van der Waals surface area contributed by atoms with E-state index in [1.54, 1.807) is 0 Å². The first kappa shape index (κ1) is 22.4. The second kappa shape index (κ2) is 10.7. The fraction of sp³-hybridized carbons (Fsp3) is 0.407. The van der Waals surface area contributed by atoms with Crippen molar-refractivity contribution in [2.24, 2.45) is 5.73 Å². The highest BCUT2D eigenvalue weighted by Gasteiger charge is 2.21. The van der Waals surface area contributed by atoms with Gasteiger partial charge in [0.25, 0.3) is 0 Å². The van der Waals surface area contributed by atoms with Crippen LogP contribution in [0.1, 0.15) is 47.3 Å². The lowest BCUT2D eigenvalue weighted by Crippen LogP contribution is -2.29. The van der Waals surface area contributed by atoms with Gasteiger partial charge in [0.15, 0.2) is 0 Å². The van der Waals surface area contributed by atoms with E-state index in [0.717, 1.165) is 69.8 Å². The van der Waals surface area contributed by atoms with Crippen molar-refractivity contribution in [3.63, 3.8) is 0 Å². The van der Waals surface area contributed by atoms with Crippen molar-refractivity contribution in [3.8, 4) is 0 Å². The molecule has 0 bridgehead atoms. The predicted molar refractivity (Wildman–Crippen MR) is 132 cm³/mol. The van der Waals surface area contributed by atoms with Crippen LogP contribution in [0, 0.1) is 13.8 Å². The van der Waals surface area contributed by atoms with E-state index < -0.39 is 0 Å². The zero-order valence-electron chi connectivity index (χ0n) is 19.4. The largest absolute Gasteiger partial charge is 0.340 e. The van der Waals surface area contributed by atoms with E-state index in [1.165, 1.54) is 28.1 Å². The SMILES string of the molecule is Cc1cnc(CN(CCCCN)Cc2ncccc2N2CCCc3ccccc32)c(C)c1. The molecular weight excluding hydrogens is 394 g/mol. The molecule has 5 heteroatoms. The lowest BCUT2D eigenvalue weighted by molar-refractivity contribution is 0.245. The second-order valence-electron chi connectivity index (χ2n) is 8.84. The molecule has 0 atom stereocenters. The van der Waals surface area contributed by atoms with Crippen LogP contribution in [-0.4, -0.2) is 34.5 Å². The minimum absolute atomic E-state index is 0.731. The zero-order chi connectivity index (χ0) is 22.3. The van der Waals surface area contributed by atoms with Gasteiger partial charge < -0.3 is 10.6 Å². The predicted octanol–water partition coefficient (Wildman–Crippen LogP) is 4.92. The van der Waals surface area contributed by atoms with Gasteiger partial charge in [-0.25, -0.2) is 0 Å². The van der Waals surface area contributed by atoms with E-state index in [-0.39, 0.29) is 0 Å². The van der Waals surface area contributed by atoms with Crippen LogP contribution >= 0.6 is 0 Å². The Morgan fingerprint density at radius 3 is 2.62 bits per heavy atom. The molecule has 2 aromatic heterocycles. The molecule has 0 fully saturated rings. The van der Waals surface area contributed by atoms with Gasteiger partial charge in [0, 0.05) is 37.7 Å². The number of unbranched alkanes of at least 4 members (excludes halogenated alkanes) is 1. The van der Waals surface area contributed by atoms with Crippen molar-refractivity contribution in [2.75, 3.05) is 24.5 Å². The number of para-hydroxylation sites is 1. The lowest BCUT2D eigenvalue weighted by atomic mass is 10.0. The number of nitrogens with zero attached hydrogens (tertiary/aromatic N) is 4. The van der Waals surface area contributed by atoms with E-state index in [9.17, 15) is 0 Å². The van der Waals surface area contributed by atoms with Gasteiger partial charge in [-0.15, -0.1) is 0 Å². The van der Waals surface area contributed by atoms with Crippen molar-refractivity contribution in [2.45, 2.75) is 52.6 Å². The summed E-state index contributed by atoms with van der Waals surface area (Å²) < 4.78 is 0. The Labute approximate surface area is 192 Å². The molecule has 1 aliphatic rings. The number of hydrogen-bond acceptors (Lipinski definition) is 5. The number of hydrogen-bond donors (Lipinski definition) is 1. The molecule has 2 N–H and O–H groups in total. The Balaban J connectivity index is 1.60. The molecule has 5 nitrogen and oxygen atoms in total. The Hall–Kier alpha value is -2.76. The van der Waals surface area contributed by atoms with Gasteiger partial charge in [0.05, 0.1) is 17.1 Å². The van der Waals surface area contributed by atoms with Crippen LogP contribution in [0.5, 0.6) is 0 Å². The van der Waals surface area contributed by atoms with Gasteiger partial charge >= 0.3 is 0 Å². The van der Waals surface area contributed by atoms with Gasteiger partial charge in [-0.05, 0) is 87.5 Å².